The molecule has 0 aliphatic carbocycles. The van der Waals surface area contributed by atoms with Crippen molar-refractivity contribution in [2.45, 2.75) is 71.9 Å². The van der Waals surface area contributed by atoms with Crippen molar-refractivity contribution in [2.24, 2.45) is 0 Å². The number of esters is 1. The van der Waals surface area contributed by atoms with Crippen LogP contribution in [0, 0.1) is 6.92 Å². The molecule has 2 aromatic rings. The van der Waals surface area contributed by atoms with E-state index in [0.29, 0.717) is 27.2 Å². The number of nitrogens with one attached hydrogen (secondary N) is 1. The van der Waals surface area contributed by atoms with Crippen molar-refractivity contribution in [3.8, 4) is 0 Å². The highest BCUT2D eigenvalue weighted by atomic mass is 32.1. The number of aryl methyl sites for hydroxylation is 2. The summed E-state index contributed by atoms with van der Waals surface area (Å²) in [5, 5.41) is 3.29. The van der Waals surface area contributed by atoms with Crippen LogP contribution in [0.5, 0.6) is 0 Å². The third kappa shape index (κ3) is 4.27. The first-order valence-electron chi connectivity index (χ1n) is 9.91. The number of carbonyl (C=O) groups is 2. The van der Waals surface area contributed by atoms with Gasteiger partial charge in [0.1, 0.15) is 15.5 Å². The van der Waals surface area contributed by atoms with Gasteiger partial charge in [-0.05, 0) is 38.7 Å². The lowest BCUT2D eigenvalue weighted by molar-refractivity contribution is -0.124. The average Bonchev–Trinajstić information content (AvgIpc) is 2.82. The van der Waals surface area contributed by atoms with Crippen LogP contribution in [0.2, 0.25) is 0 Å². The van der Waals surface area contributed by atoms with E-state index >= 15 is 0 Å². The van der Waals surface area contributed by atoms with E-state index in [0.717, 1.165) is 44.3 Å². The molecule has 1 amide bonds. The highest BCUT2D eigenvalue weighted by Gasteiger charge is 2.23. The van der Waals surface area contributed by atoms with Crippen molar-refractivity contribution in [1.82, 2.24) is 14.9 Å². The minimum Gasteiger partial charge on any atom is -0.451 e. The summed E-state index contributed by atoms with van der Waals surface area (Å²) in [6, 6.07) is 0.0434. The summed E-state index contributed by atoms with van der Waals surface area (Å²) in [5.74, 6) is -0.114. The van der Waals surface area contributed by atoms with Gasteiger partial charge in [0.25, 0.3) is 11.5 Å². The van der Waals surface area contributed by atoms with E-state index in [1.54, 1.807) is 11.5 Å². The quantitative estimate of drug-likeness (QED) is 0.746. The van der Waals surface area contributed by atoms with Crippen LogP contribution in [-0.4, -0.2) is 34.1 Å². The molecule has 7 nitrogen and oxygen atoms in total. The lowest BCUT2D eigenvalue weighted by atomic mass is 10.2. The number of ether oxygens (including phenoxy) is 1. The zero-order chi connectivity index (χ0) is 20.3. The van der Waals surface area contributed by atoms with Gasteiger partial charge < -0.3 is 10.1 Å². The number of hydrogen-bond donors (Lipinski definition) is 1. The summed E-state index contributed by atoms with van der Waals surface area (Å²) in [6.45, 7) is 6.04. The number of fused-ring (bicyclic) bond motifs is 2. The van der Waals surface area contributed by atoms with E-state index in [1.807, 2.05) is 13.8 Å². The van der Waals surface area contributed by atoms with Crippen LogP contribution in [0.4, 0.5) is 0 Å². The van der Waals surface area contributed by atoms with Gasteiger partial charge in [0.05, 0.1) is 5.39 Å². The molecule has 152 valence electrons. The van der Waals surface area contributed by atoms with Gasteiger partial charge in [-0.25, -0.2) is 9.78 Å². The predicted octanol–water partition coefficient (Wildman–Crippen LogP) is 2.95. The first-order valence-corrected chi connectivity index (χ1v) is 10.7. The van der Waals surface area contributed by atoms with Gasteiger partial charge in [-0.3, -0.25) is 14.2 Å². The Morgan fingerprint density at radius 1 is 1.32 bits per heavy atom. The maximum absolute atomic E-state index is 12.9. The molecule has 2 aromatic heterocycles. The summed E-state index contributed by atoms with van der Waals surface area (Å²) in [5.41, 5.74) is 0.502. The smallest absolute Gasteiger partial charge is 0.349 e. The Balaban J connectivity index is 1.79. The van der Waals surface area contributed by atoms with Crippen LogP contribution in [-0.2, 0) is 22.5 Å². The molecular weight excluding hydrogens is 378 g/mol. The largest absolute Gasteiger partial charge is 0.451 e. The molecular formula is C20H27N3O4S. The maximum atomic E-state index is 12.9. The van der Waals surface area contributed by atoms with Crippen LogP contribution in [0.3, 0.4) is 0 Å². The lowest BCUT2D eigenvalue weighted by Gasteiger charge is -2.12. The molecule has 0 unspecified atom stereocenters. The number of rotatable bonds is 6. The molecule has 0 aromatic carbocycles. The van der Waals surface area contributed by atoms with Gasteiger partial charge in [-0.1, -0.05) is 19.8 Å². The van der Waals surface area contributed by atoms with Crippen LogP contribution < -0.4 is 10.9 Å². The summed E-state index contributed by atoms with van der Waals surface area (Å²) >= 11 is 1.17. The second-order valence-electron chi connectivity index (χ2n) is 7.37. The molecule has 0 saturated heterocycles. The number of amides is 1. The second-order valence-corrected chi connectivity index (χ2v) is 8.36. The number of aromatic nitrogens is 2. The number of hydrogen-bond acceptors (Lipinski definition) is 6. The minimum absolute atomic E-state index is 0.0434. The zero-order valence-corrected chi connectivity index (χ0v) is 17.5. The molecule has 3 rings (SSSR count). The van der Waals surface area contributed by atoms with Gasteiger partial charge in [-0.15, -0.1) is 11.3 Å². The topological polar surface area (TPSA) is 90.3 Å². The van der Waals surface area contributed by atoms with Crippen LogP contribution in [0.25, 0.3) is 10.2 Å². The van der Waals surface area contributed by atoms with E-state index in [-0.39, 0.29) is 24.1 Å². The number of nitrogens with zero attached hydrogens (tertiary/aromatic N) is 2. The molecule has 0 bridgehead atoms. The van der Waals surface area contributed by atoms with Crippen molar-refractivity contribution in [1.29, 1.82) is 0 Å². The summed E-state index contributed by atoms with van der Waals surface area (Å²) in [4.78, 5) is 43.0. The molecule has 28 heavy (non-hydrogen) atoms. The number of thiophene rings is 1. The zero-order valence-electron chi connectivity index (χ0n) is 16.7. The Morgan fingerprint density at radius 2 is 2.11 bits per heavy atom. The summed E-state index contributed by atoms with van der Waals surface area (Å²) < 4.78 is 6.93. The van der Waals surface area contributed by atoms with Crippen molar-refractivity contribution in [2.75, 3.05) is 6.61 Å². The van der Waals surface area contributed by atoms with Crippen molar-refractivity contribution < 1.29 is 14.3 Å². The summed E-state index contributed by atoms with van der Waals surface area (Å²) in [7, 11) is 0. The predicted molar refractivity (Wildman–Crippen MR) is 109 cm³/mol. The fraction of sp³-hybridized carbons (Fsp3) is 0.600. The number of carbonyl (C=O) groups excluding carboxylic acids is 2. The van der Waals surface area contributed by atoms with E-state index < -0.39 is 5.97 Å². The van der Waals surface area contributed by atoms with Crippen molar-refractivity contribution in [3.05, 3.63) is 26.6 Å². The highest BCUT2D eigenvalue weighted by Crippen LogP contribution is 2.28. The van der Waals surface area contributed by atoms with E-state index in [1.165, 1.54) is 11.3 Å². The SMILES string of the molecule is CCC[C@H](C)NC(=O)COC(=O)c1sc2nc3n(c(=O)c2c1C)CCCCC3. The van der Waals surface area contributed by atoms with Gasteiger partial charge in [-0.2, -0.15) is 0 Å². The Hall–Kier alpha value is -2.22. The fourth-order valence-corrected chi connectivity index (χ4v) is 4.71. The monoisotopic (exact) mass is 405 g/mol. The second kappa shape index (κ2) is 8.86. The molecule has 1 N–H and O–H groups in total. The highest BCUT2D eigenvalue weighted by molar-refractivity contribution is 7.20. The molecule has 0 fully saturated rings. The minimum atomic E-state index is -0.585. The first-order chi connectivity index (χ1) is 13.4. The summed E-state index contributed by atoms with van der Waals surface area (Å²) in [6.07, 6.45) is 5.68. The Morgan fingerprint density at radius 3 is 2.86 bits per heavy atom. The van der Waals surface area contributed by atoms with Crippen LogP contribution in [0.1, 0.15) is 67.0 Å². The van der Waals surface area contributed by atoms with E-state index in [9.17, 15) is 14.4 Å². The van der Waals surface area contributed by atoms with Gasteiger partial charge in [0.15, 0.2) is 6.61 Å². The molecule has 3 heterocycles. The first kappa shape index (κ1) is 20.5. The maximum Gasteiger partial charge on any atom is 0.349 e. The standard InChI is InChI=1S/C20H27N3O4S/c1-4-8-12(2)21-15(24)11-27-20(26)17-13(3)16-18(28-17)22-14-9-6-5-7-10-23(14)19(16)25/h12H,4-11H2,1-3H3,(H,21,24)/t12-/m0/s1. The molecule has 1 atom stereocenters. The molecule has 0 saturated carbocycles. The normalized spacial score (nSPS) is 15.0. The fourth-order valence-electron chi connectivity index (χ4n) is 3.62. The van der Waals surface area contributed by atoms with E-state index in [4.69, 9.17) is 4.74 Å². The Labute approximate surface area is 168 Å². The van der Waals surface area contributed by atoms with Gasteiger partial charge >= 0.3 is 5.97 Å². The molecule has 0 radical (unpaired) electrons. The Bertz CT molecular complexity index is 947. The van der Waals surface area contributed by atoms with Crippen molar-refractivity contribution in [3.63, 3.8) is 0 Å². The van der Waals surface area contributed by atoms with Crippen LogP contribution >= 0.6 is 11.3 Å². The van der Waals surface area contributed by atoms with Crippen molar-refractivity contribution >= 4 is 33.4 Å². The van der Waals surface area contributed by atoms with Crippen LogP contribution in [0.15, 0.2) is 4.79 Å². The lowest BCUT2D eigenvalue weighted by Crippen LogP contribution is -2.35. The molecule has 1 aliphatic rings. The Kier molecular flexibility index (Phi) is 6.49. The third-order valence-corrected chi connectivity index (χ3v) is 6.23. The molecule has 1 aliphatic heterocycles. The van der Waals surface area contributed by atoms with E-state index in [2.05, 4.69) is 10.3 Å². The van der Waals surface area contributed by atoms with Gasteiger partial charge in [0.2, 0.25) is 0 Å². The molecule has 8 heteroatoms. The third-order valence-electron chi connectivity index (χ3n) is 5.06. The average molecular weight is 406 g/mol. The van der Waals surface area contributed by atoms with Gasteiger partial charge in [0, 0.05) is 19.0 Å². The molecule has 0 spiro atoms.